The third-order valence-electron chi connectivity index (χ3n) is 4.71. The van der Waals surface area contributed by atoms with Gasteiger partial charge in [0.25, 0.3) is 5.91 Å². The molecule has 0 bridgehead atoms. The van der Waals surface area contributed by atoms with E-state index in [9.17, 15) is 4.79 Å². The lowest BCUT2D eigenvalue weighted by Crippen LogP contribution is -2.39. The zero-order valence-corrected chi connectivity index (χ0v) is 15.2. The average Bonchev–Trinajstić information content (AvgIpc) is 3.24. The van der Waals surface area contributed by atoms with Crippen molar-refractivity contribution >= 4 is 33.4 Å². The first-order valence-corrected chi connectivity index (χ1v) is 9.36. The number of thiazole rings is 1. The largest absolute Gasteiger partial charge is 0.365 e. The first kappa shape index (κ1) is 16.1. The van der Waals surface area contributed by atoms with Gasteiger partial charge in [0, 0.05) is 26.1 Å². The number of aryl methyl sites for hydroxylation is 1. The molecule has 7 heteroatoms. The Morgan fingerprint density at radius 1 is 1.36 bits per heavy atom. The maximum Gasteiger partial charge on any atom is 0.265 e. The summed E-state index contributed by atoms with van der Waals surface area (Å²) in [5, 5.41) is 3.80. The molecule has 1 fully saturated rings. The molecule has 130 valence electrons. The van der Waals surface area contributed by atoms with Crippen molar-refractivity contribution in [1.29, 1.82) is 0 Å². The van der Waals surface area contributed by atoms with Crippen LogP contribution in [-0.2, 0) is 0 Å². The Morgan fingerprint density at radius 2 is 2.20 bits per heavy atom. The molecule has 2 aromatic heterocycles. The van der Waals surface area contributed by atoms with Gasteiger partial charge in [-0.3, -0.25) is 4.79 Å². The fraction of sp³-hybridized carbons (Fsp3) is 0.389. The smallest absolute Gasteiger partial charge is 0.265 e. The second-order valence-electron chi connectivity index (χ2n) is 6.41. The van der Waals surface area contributed by atoms with Gasteiger partial charge >= 0.3 is 0 Å². The number of piperidine rings is 1. The predicted molar refractivity (Wildman–Crippen MR) is 100 cm³/mol. The number of nitrogens with zero attached hydrogens (tertiary/aromatic N) is 3. The van der Waals surface area contributed by atoms with E-state index in [0.717, 1.165) is 51.9 Å². The fourth-order valence-corrected chi connectivity index (χ4v) is 4.28. The van der Waals surface area contributed by atoms with Gasteiger partial charge in [-0.25, -0.2) is 9.97 Å². The third kappa shape index (κ3) is 3.00. The molecule has 1 atom stereocenters. The average molecular weight is 355 g/mol. The van der Waals surface area contributed by atoms with E-state index in [-0.39, 0.29) is 11.8 Å². The number of para-hydroxylation sites is 2. The number of likely N-dealkylation sites (tertiary alicyclic amines) is 1. The van der Waals surface area contributed by atoms with Gasteiger partial charge in [0.2, 0.25) is 0 Å². The van der Waals surface area contributed by atoms with E-state index in [1.807, 2.05) is 43.1 Å². The highest BCUT2D eigenvalue weighted by Gasteiger charge is 2.29. The molecule has 1 saturated heterocycles. The molecular formula is C18H21N5OS. The Labute approximate surface area is 150 Å². The van der Waals surface area contributed by atoms with E-state index in [4.69, 9.17) is 4.98 Å². The molecular weight excluding hydrogens is 334 g/mol. The van der Waals surface area contributed by atoms with Crippen LogP contribution in [0.2, 0.25) is 0 Å². The summed E-state index contributed by atoms with van der Waals surface area (Å²) < 4.78 is 0. The predicted octanol–water partition coefficient (Wildman–Crippen LogP) is 3.39. The molecule has 0 spiro atoms. The van der Waals surface area contributed by atoms with Crippen molar-refractivity contribution in [3.05, 3.63) is 40.7 Å². The van der Waals surface area contributed by atoms with E-state index in [2.05, 4.69) is 15.3 Å². The van der Waals surface area contributed by atoms with Crippen LogP contribution in [0.1, 0.15) is 39.9 Å². The van der Waals surface area contributed by atoms with E-state index < -0.39 is 0 Å². The van der Waals surface area contributed by atoms with Crippen molar-refractivity contribution in [2.45, 2.75) is 25.7 Å². The van der Waals surface area contributed by atoms with Gasteiger partial charge in [-0.1, -0.05) is 23.5 Å². The zero-order valence-electron chi connectivity index (χ0n) is 14.4. The minimum absolute atomic E-state index is 0.0808. The molecule has 3 heterocycles. The molecule has 0 radical (unpaired) electrons. The van der Waals surface area contributed by atoms with Crippen molar-refractivity contribution in [3.8, 4) is 0 Å². The molecule has 0 saturated carbocycles. The van der Waals surface area contributed by atoms with Gasteiger partial charge in [-0.05, 0) is 31.9 Å². The van der Waals surface area contributed by atoms with E-state index in [1.54, 1.807) is 0 Å². The molecule has 4 rings (SSSR count). The summed E-state index contributed by atoms with van der Waals surface area (Å²) in [4.78, 5) is 28.2. The number of anilines is 1. The number of imidazole rings is 1. The minimum Gasteiger partial charge on any atom is -0.365 e. The number of aromatic nitrogens is 3. The van der Waals surface area contributed by atoms with Crippen LogP contribution >= 0.6 is 11.3 Å². The minimum atomic E-state index is 0.0808. The van der Waals surface area contributed by atoms with Gasteiger partial charge in [-0.2, -0.15) is 0 Å². The molecule has 1 aliphatic heterocycles. The topological polar surface area (TPSA) is 73.9 Å². The maximum absolute atomic E-state index is 12.9. The molecule has 1 aromatic carbocycles. The normalized spacial score (nSPS) is 17.8. The van der Waals surface area contributed by atoms with E-state index >= 15 is 0 Å². The molecule has 1 aliphatic rings. The number of carbonyl (C=O) groups is 1. The highest BCUT2D eigenvalue weighted by atomic mass is 32.1. The first-order chi connectivity index (χ1) is 12.2. The van der Waals surface area contributed by atoms with Crippen LogP contribution in [0.5, 0.6) is 0 Å². The van der Waals surface area contributed by atoms with Gasteiger partial charge in [0.05, 0.1) is 16.7 Å². The van der Waals surface area contributed by atoms with Crippen molar-refractivity contribution in [3.63, 3.8) is 0 Å². The number of H-pyrrole nitrogens is 1. The summed E-state index contributed by atoms with van der Waals surface area (Å²) in [7, 11) is 1.82. The van der Waals surface area contributed by atoms with E-state index in [0.29, 0.717) is 6.54 Å². The van der Waals surface area contributed by atoms with Gasteiger partial charge in [-0.15, -0.1) is 0 Å². The molecule has 25 heavy (non-hydrogen) atoms. The van der Waals surface area contributed by atoms with E-state index in [1.165, 1.54) is 11.3 Å². The van der Waals surface area contributed by atoms with Crippen LogP contribution < -0.4 is 5.32 Å². The van der Waals surface area contributed by atoms with Crippen LogP contribution in [0.25, 0.3) is 11.0 Å². The van der Waals surface area contributed by atoms with Gasteiger partial charge in [0.15, 0.2) is 5.13 Å². The summed E-state index contributed by atoms with van der Waals surface area (Å²) in [6, 6.07) is 8.06. The monoisotopic (exact) mass is 355 g/mol. The zero-order chi connectivity index (χ0) is 17.4. The Balaban J connectivity index is 1.55. The number of hydrogen-bond acceptors (Lipinski definition) is 5. The lowest BCUT2D eigenvalue weighted by atomic mass is 9.97. The summed E-state index contributed by atoms with van der Waals surface area (Å²) in [6.45, 7) is 3.39. The second kappa shape index (κ2) is 6.48. The number of aromatic amines is 1. The Morgan fingerprint density at radius 3 is 2.96 bits per heavy atom. The van der Waals surface area contributed by atoms with Crippen molar-refractivity contribution in [2.24, 2.45) is 0 Å². The Hall–Kier alpha value is -2.41. The summed E-state index contributed by atoms with van der Waals surface area (Å²) >= 11 is 1.43. The highest BCUT2D eigenvalue weighted by molar-refractivity contribution is 7.17. The van der Waals surface area contributed by atoms with Crippen LogP contribution in [-0.4, -0.2) is 45.9 Å². The highest BCUT2D eigenvalue weighted by Crippen LogP contribution is 2.30. The fourth-order valence-electron chi connectivity index (χ4n) is 3.40. The lowest BCUT2D eigenvalue weighted by Gasteiger charge is -2.31. The Bertz CT molecular complexity index is 882. The van der Waals surface area contributed by atoms with Gasteiger partial charge < -0.3 is 15.2 Å². The number of benzene rings is 1. The van der Waals surface area contributed by atoms with Crippen molar-refractivity contribution in [2.75, 3.05) is 25.5 Å². The lowest BCUT2D eigenvalue weighted by molar-refractivity contribution is 0.0709. The number of nitrogens with one attached hydrogen (secondary N) is 2. The van der Waals surface area contributed by atoms with Crippen LogP contribution in [0.3, 0.4) is 0 Å². The van der Waals surface area contributed by atoms with Gasteiger partial charge in [0.1, 0.15) is 10.7 Å². The molecule has 0 aliphatic carbocycles. The number of carbonyl (C=O) groups excluding carboxylic acids is 1. The molecule has 6 nitrogen and oxygen atoms in total. The standard InChI is InChI=1S/C18H21N5OS/c1-11-15(25-18(19-2)20-11)17(24)23-9-5-6-12(10-23)16-21-13-7-3-4-8-14(13)22-16/h3-4,7-8,12H,5-6,9-10H2,1-2H3,(H,19,20)(H,21,22)/t12-/m0/s1. The van der Waals surface area contributed by atoms with Crippen LogP contribution in [0.4, 0.5) is 5.13 Å². The second-order valence-corrected chi connectivity index (χ2v) is 7.41. The molecule has 0 unspecified atom stereocenters. The molecule has 2 N–H and O–H groups in total. The Kier molecular flexibility index (Phi) is 4.17. The summed E-state index contributed by atoms with van der Waals surface area (Å²) in [5.41, 5.74) is 2.83. The number of hydrogen-bond donors (Lipinski definition) is 2. The molecule has 1 amide bonds. The summed E-state index contributed by atoms with van der Waals surface area (Å²) in [6.07, 6.45) is 2.04. The molecule has 3 aromatic rings. The maximum atomic E-state index is 12.9. The third-order valence-corrected chi connectivity index (χ3v) is 5.87. The van der Waals surface area contributed by atoms with Crippen molar-refractivity contribution in [1.82, 2.24) is 19.9 Å². The SMILES string of the molecule is CNc1nc(C)c(C(=O)N2CCC[C@H](c3nc4ccccc4[nH]3)C2)s1. The quantitative estimate of drug-likeness (QED) is 0.755. The number of fused-ring (bicyclic) bond motifs is 1. The number of rotatable bonds is 3. The summed E-state index contributed by atoms with van der Waals surface area (Å²) in [5.74, 6) is 1.31. The first-order valence-electron chi connectivity index (χ1n) is 8.55. The van der Waals surface area contributed by atoms with Crippen LogP contribution in [0, 0.1) is 6.92 Å². The number of amides is 1. The van der Waals surface area contributed by atoms with Crippen LogP contribution in [0.15, 0.2) is 24.3 Å². The van der Waals surface area contributed by atoms with Crippen molar-refractivity contribution < 1.29 is 4.79 Å².